The predicted octanol–water partition coefficient (Wildman–Crippen LogP) is 10.0. The van der Waals surface area contributed by atoms with Crippen LogP contribution in [0, 0.1) is 33.9 Å². The van der Waals surface area contributed by atoms with Crippen LogP contribution in [0.5, 0.6) is 34.5 Å². The molecule has 13 heteroatoms. The van der Waals surface area contributed by atoms with Gasteiger partial charge in [-0.25, -0.2) is 5.26 Å². The van der Waals surface area contributed by atoms with Gasteiger partial charge in [0.2, 0.25) is 0 Å². The van der Waals surface area contributed by atoms with Crippen LogP contribution in [0.15, 0.2) is 54.6 Å². The summed E-state index contributed by atoms with van der Waals surface area (Å²) in [5, 5.41) is 13.8. The van der Waals surface area contributed by atoms with Gasteiger partial charge in [0.1, 0.15) is 34.5 Å². The van der Waals surface area contributed by atoms with Crippen molar-refractivity contribution in [2.24, 2.45) is 0 Å². The topological polar surface area (TPSA) is 103 Å². The van der Waals surface area contributed by atoms with Gasteiger partial charge in [-0.1, -0.05) is 13.5 Å². The zero-order valence-corrected chi connectivity index (χ0v) is 33.8. The molecule has 0 aliphatic heterocycles. The van der Waals surface area contributed by atoms with E-state index < -0.39 is 0 Å². The molecule has 3 rings (SSSR count). The lowest BCUT2D eigenvalue weighted by Gasteiger charge is -2.07. The molecular weight excluding hydrogens is 1090 g/mol. The second-order valence-corrected chi connectivity index (χ2v) is 9.72. The van der Waals surface area contributed by atoms with E-state index in [1.165, 1.54) is 6.92 Å². The highest BCUT2D eigenvalue weighted by Crippen LogP contribution is 2.30. The normalized spacial score (nSPS) is 7.93. The van der Waals surface area contributed by atoms with Crippen molar-refractivity contribution < 1.29 is 28.4 Å². The first-order chi connectivity index (χ1) is 19.2. The van der Waals surface area contributed by atoms with E-state index in [1.54, 1.807) is 48.7 Å². The van der Waals surface area contributed by atoms with E-state index >= 15 is 0 Å². The quantitative estimate of drug-likeness (QED) is 0.225. The fraction of sp³-hybridized carbons (Fsp3) is 0.286. The fourth-order valence-electron chi connectivity index (χ4n) is 2.32. The molecule has 0 saturated carbocycles. The van der Waals surface area contributed by atoms with Crippen LogP contribution in [-0.4, -0.2) is 42.7 Å². The Morgan fingerprint density at radius 1 is 0.561 bits per heavy atom. The van der Waals surface area contributed by atoms with Gasteiger partial charge >= 0.3 is 0 Å². The van der Waals surface area contributed by atoms with Crippen molar-refractivity contribution in [2.45, 2.75) is 14.4 Å². The van der Waals surface area contributed by atoms with E-state index in [1.807, 2.05) is 54.6 Å². The van der Waals surface area contributed by atoms with Crippen molar-refractivity contribution >= 4 is 105 Å². The number of methoxy groups -OCH3 is 6. The van der Waals surface area contributed by atoms with Crippen molar-refractivity contribution in [3.63, 3.8) is 0 Å². The summed E-state index contributed by atoms with van der Waals surface area (Å²) in [4.78, 5) is 0. The monoisotopic (exact) mass is 1130 g/mol. The number of hydrogen-bond acceptors (Lipinski definition) is 8. The molecule has 8 nitrogen and oxygen atoms in total. The molecule has 0 aliphatic rings. The number of benzene rings is 3. The minimum atomic E-state index is 0. The number of nitrogens with zero attached hydrogens (tertiary/aromatic N) is 2. The second kappa shape index (κ2) is 32.0. The van der Waals surface area contributed by atoms with Crippen molar-refractivity contribution in [1.29, 1.82) is 10.5 Å². The van der Waals surface area contributed by atoms with E-state index in [-0.39, 0.29) is 7.43 Å². The molecule has 228 valence electrons. The summed E-state index contributed by atoms with van der Waals surface area (Å²) in [7, 11) is 9.87. The maximum absolute atomic E-state index is 7.32. The first kappa shape index (κ1) is 47.0. The van der Waals surface area contributed by atoms with Gasteiger partial charge in [0.15, 0.2) is 0 Å². The largest absolute Gasteiger partial charge is 0.497 e. The van der Waals surface area contributed by atoms with E-state index in [9.17, 15) is 0 Å². The Morgan fingerprint density at radius 2 is 0.902 bits per heavy atom. The Kier molecular flexibility index (Phi) is 36.7. The maximum Gasteiger partial charge on any atom is 0.135 e. The molecule has 0 N–H and O–H groups in total. The van der Waals surface area contributed by atoms with Crippen LogP contribution < -0.4 is 28.4 Å². The van der Waals surface area contributed by atoms with Crippen LogP contribution in [0.1, 0.15) is 14.4 Å². The first-order valence-electron chi connectivity index (χ1n) is 10.6. The summed E-state index contributed by atoms with van der Waals surface area (Å²) in [6.45, 7) is 4.93. The molecule has 0 bridgehead atoms. The summed E-state index contributed by atoms with van der Waals surface area (Å²) in [5.41, 5.74) is 0. The standard InChI is InChI=1S/C8H8I2O2.C8H9IO2.C8H10O2.C2H3N.CHN.CH4.I2/c1-11-7-4-8(12-2)6(10)3-5(7)9;1-10-6-3-4-7(9)8(5-6)11-2;1-9-7-4-3-5-8(6-7)10-2;1-2-3;1-2;;1-2/h3-4H,1-2H3;3-5H,1-2H3;3-6H,1-2H3;1H3;1H;1H4;. The Bertz CT molecular complexity index is 1100. The minimum absolute atomic E-state index is 0. The van der Waals surface area contributed by atoms with Crippen LogP contribution in [-0.2, 0) is 0 Å². The van der Waals surface area contributed by atoms with Crippen molar-refractivity contribution in [3.8, 4) is 47.1 Å². The van der Waals surface area contributed by atoms with E-state index in [4.69, 9.17) is 38.9 Å². The zero-order chi connectivity index (χ0) is 31.5. The van der Waals surface area contributed by atoms with Gasteiger partial charge in [0.05, 0.1) is 59.4 Å². The molecule has 0 atom stereocenters. The number of rotatable bonds is 6. The summed E-state index contributed by atoms with van der Waals surface area (Å²) in [6, 6.07) is 18.9. The Hall–Kier alpha value is -0.910. The number of hydrogen-bond donors (Lipinski definition) is 0. The van der Waals surface area contributed by atoms with E-state index in [0.717, 1.165) is 45.2 Å². The molecule has 0 aliphatic carbocycles. The average Bonchev–Trinajstić information content (AvgIpc) is 3.00. The molecule has 0 unspecified atom stereocenters. The molecule has 0 amide bonds. The fourth-order valence-corrected chi connectivity index (χ4v) is 4.84. The van der Waals surface area contributed by atoms with Crippen molar-refractivity contribution in [3.05, 3.63) is 65.3 Å². The maximum atomic E-state index is 7.32. The van der Waals surface area contributed by atoms with Gasteiger partial charge in [-0.3, -0.25) is 0 Å². The highest BCUT2D eigenvalue weighted by Gasteiger charge is 2.06. The van der Waals surface area contributed by atoms with Crippen molar-refractivity contribution in [2.75, 3.05) is 42.7 Å². The number of nitriles is 2. The lowest BCUT2D eigenvalue weighted by atomic mass is 10.3. The first-order valence-corrected chi connectivity index (χ1v) is 20.1. The van der Waals surface area contributed by atoms with Gasteiger partial charge in [-0.05, 0) is 98.1 Å². The van der Waals surface area contributed by atoms with Crippen LogP contribution in [0.25, 0.3) is 0 Å². The van der Waals surface area contributed by atoms with Crippen LogP contribution in [0.2, 0.25) is 0 Å². The van der Waals surface area contributed by atoms with Gasteiger partial charge in [0.25, 0.3) is 0 Å². The van der Waals surface area contributed by atoms with Crippen molar-refractivity contribution in [1.82, 2.24) is 0 Å². The van der Waals surface area contributed by atoms with Gasteiger partial charge in [-0.15, -0.1) is 0 Å². The third-order valence-electron chi connectivity index (χ3n) is 4.06. The van der Waals surface area contributed by atoms with Crippen LogP contribution in [0.4, 0.5) is 0 Å². The van der Waals surface area contributed by atoms with Crippen LogP contribution in [0.3, 0.4) is 0 Å². The highest BCUT2D eigenvalue weighted by atomic mass is 128. The highest BCUT2D eigenvalue weighted by molar-refractivity contribution is 15.0. The molecule has 41 heavy (non-hydrogen) atoms. The minimum Gasteiger partial charge on any atom is -0.497 e. The third kappa shape index (κ3) is 21.4. The molecule has 0 aromatic heterocycles. The van der Waals surface area contributed by atoms with E-state index in [2.05, 4.69) is 112 Å². The molecule has 3 aromatic carbocycles. The van der Waals surface area contributed by atoms with E-state index in [0.29, 0.717) is 0 Å². The Labute approximate surface area is 309 Å². The molecular formula is C28H35I5N2O6. The predicted molar refractivity (Wildman–Crippen MR) is 210 cm³/mol. The summed E-state index contributed by atoms with van der Waals surface area (Å²) in [6.07, 6.45) is 0. The van der Waals surface area contributed by atoms with Crippen LogP contribution >= 0.6 is 105 Å². The Balaban J connectivity index is -0.000000223. The average molecular weight is 1130 g/mol. The number of halogens is 5. The Morgan fingerprint density at radius 3 is 1.24 bits per heavy atom. The van der Waals surface area contributed by atoms with Gasteiger partial charge in [-0.2, -0.15) is 5.26 Å². The smallest absolute Gasteiger partial charge is 0.135 e. The molecule has 0 radical (unpaired) electrons. The molecule has 0 spiro atoms. The van der Waals surface area contributed by atoms with Gasteiger partial charge < -0.3 is 28.4 Å². The third-order valence-corrected chi connectivity index (χ3v) is 6.64. The molecule has 3 aromatic rings. The summed E-state index contributed by atoms with van der Waals surface area (Å²) in [5.74, 6) is 5.02. The molecule has 0 heterocycles. The van der Waals surface area contributed by atoms with Gasteiger partial charge in [0, 0.05) is 68.9 Å². The lowest BCUT2D eigenvalue weighted by Crippen LogP contribution is -1.92. The lowest BCUT2D eigenvalue weighted by molar-refractivity contribution is 0.390. The summed E-state index contributed by atoms with van der Waals surface area (Å²) < 4.78 is 33.7. The molecule has 0 saturated heterocycles. The summed E-state index contributed by atoms with van der Waals surface area (Å²) >= 11 is 10.9. The second-order valence-electron chi connectivity index (χ2n) is 6.23. The SMILES string of the molecule is C.C#N.CC#N.COc1cc(OC)c(I)cc1I.COc1ccc(I)c(OC)c1.COc1cccc(OC)c1.II. The zero-order valence-electron chi connectivity index (χ0n) is 23.0. The number of ether oxygens (including phenoxy) is 6. The molecule has 0 fully saturated rings.